The molecule has 1 saturated heterocycles. The lowest BCUT2D eigenvalue weighted by molar-refractivity contribution is -0.124. The van der Waals surface area contributed by atoms with Crippen molar-refractivity contribution >= 4 is 5.78 Å². The van der Waals surface area contributed by atoms with Gasteiger partial charge in [-0.05, 0) is 26.3 Å². The smallest absolute Gasteiger partial charge is 0.149 e. The summed E-state index contributed by atoms with van der Waals surface area (Å²) in [5, 5.41) is 0. The van der Waals surface area contributed by atoms with E-state index < -0.39 is 0 Å². The zero-order valence-corrected chi connectivity index (χ0v) is 11.3. The fraction of sp³-hybridized carbons (Fsp3) is 0.929. The molecule has 1 heterocycles. The maximum absolute atomic E-state index is 12.1. The number of hydrogen-bond donors (Lipinski definition) is 0. The standard InChI is InChI=1S/C14H26N2O/c1-3-16-9-8-15(10-12(16)2)11-14(17)13-6-4-5-7-13/h12-13H,3-11H2,1-2H3. The quantitative estimate of drug-likeness (QED) is 0.746. The summed E-state index contributed by atoms with van der Waals surface area (Å²) in [7, 11) is 0. The van der Waals surface area contributed by atoms with Gasteiger partial charge in [-0.15, -0.1) is 0 Å². The summed E-state index contributed by atoms with van der Waals surface area (Å²) in [4.78, 5) is 17.0. The number of ketones is 1. The first-order valence-electron chi connectivity index (χ1n) is 7.19. The maximum atomic E-state index is 12.1. The predicted molar refractivity (Wildman–Crippen MR) is 70.1 cm³/mol. The van der Waals surface area contributed by atoms with Gasteiger partial charge in [0, 0.05) is 31.6 Å². The van der Waals surface area contributed by atoms with Gasteiger partial charge in [-0.2, -0.15) is 0 Å². The lowest BCUT2D eigenvalue weighted by Crippen LogP contribution is -2.53. The van der Waals surface area contributed by atoms with E-state index in [1.54, 1.807) is 0 Å². The average molecular weight is 238 g/mol. The minimum atomic E-state index is 0.384. The van der Waals surface area contributed by atoms with Crippen molar-refractivity contribution in [3.05, 3.63) is 0 Å². The van der Waals surface area contributed by atoms with E-state index >= 15 is 0 Å². The molecule has 2 rings (SSSR count). The Labute approximate surface area is 105 Å². The van der Waals surface area contributed by atoms with E-state index in [9.17, 15) is 4.79 Å². The minimum Gasteiger partial charge on any atom is -0.298 e. The highest BCUT2D eigenvalue weighted by molar-refractivity contribution is 5.83. The summed E-state index contributed by atoms with van der Waals surface area (Å²) in [6.07, 6.45) is 4.81. The first-order valence-corrected chi connectivity index (χ1v) is 7.19. The summed E-state index contributed by atoms with van der Waals surface area (Å²) in [6, 6.07) is 0.602. The van der Waals surface area contributed by atoms with Crippen LogP contribution >= 0.6 is 0 Å². The highest BCUT2D eigenvalue weighted by Gasteiger charge is 2.27. The first-order chi connectivity index (χ1) is 8.20. The third kappa shape index (κ3) is 3.29. The third-order valence-corrected chi connectivity index (χ3v) is 4.45. The van der Waals surface area contributed by atoms with Crippen LogP contribution in [0.1, 0.15) is 39.5 Å². The van der Waals surface area contributed by atoms with Crippen LogP contribution in [0.4, 0.5) is 0 Å². The van der Waals surface area contributed by atoms with Gasteiger partial charge >= 0.3 is 0 Å². The van der Waals surface area contributed by atoms with Crippen molar-refractivity contribution in [1.82, 2.24) is 9.80 Å². The van der Waals surface area contributed by atoms with Crippen molar-refractivity contribution in [3.8, 4) is 0 Å². The summed E-state index contributed by atoms with van der Waals surface area (Å²) < 4.78 is 0. The van der Waals surface area contributed by atoms with Gasteiger partial charge in [0.1, 0.15) is 5.78 Å². The molecule has 0 bridgehead atoms. The van der Waals surface area contributed by atoms with Gasteiger partial charge in [0.15, 0.2) is 0 Å². The van der Waals surface area contributed by atoms with Gasteiger partial charge in [0.25, 0.3) is 0 Å². The topological polar surface area (TPSA) is 23.6 Å². The second-order valence-corrected chi connectivity index (χ2v) is 5.66. The van der Waals surface area contributed by atoms with E-state index in [1.807, 2.05) is 0 Å². The number of Topliss-reactive ketones (excluding diaryl/α,β-unsaturated/α-hetero) is 1. The molecule has 2 aliphatic rings. The molecule has 0 N–H and O–H groups in total. The molecule has 0 spiro atoms. The number of hydrogen-bond acceptors (Lipinski definition) is 3. The molecule has 2 fully saturated rings. The summed E-state index contributed by atoms with van der Waals surface area (Å²) in [5.41, 5.74) is 0. The molecule has 0 aromatic carbocycles. The lowest BCUT2D eigenvalue weighted by Gasteiger charge is -2.39. The van der Waals surface area contributed by atoms with Gasteiger partial charge in [-0.3, -0.25) is 14.6 Å². The fourth-order valence-corrected chi connectivity index (χ4v) is 3.28. The summed E-state index contributed by atoms with van der Waals surface area (Å²) in [6.45, 7) is 9.57. The van der Waals surface area contributed by atoms with Crippen molar-refractivity contribution in [3.63, 3.8) is 0 Å². The molecule has 98 valence electrons. The van der Waals surface area contributed by atoms with E-state index in [0.717, 1.165) is 39.0 Å². The van der Waals surface area contributed by atoms with E-state index in [1.165, 1.54) is 12.8 Å². The Hall–Kier alpha value is -0.410. The maximum Gasteiger partial charge on any atom is 0.149 e. The number of nitrogens with zero attached hydrogens (tertiary/aromatic N) is 2. The summed E-state index contributed by atoms with van der Waals surface area (Å²) in [5.74, 6) is 0.883. The van der Waals surface area contributed by atoms with E-state index in [-0.39, 0.29) is 0 Å². The zero-order valence-electron chi connectivity index (χ0n) is 11.3. The molecule has 1 aliphatic heterocycles. The highest BCUT2D eigenvalue weighted by Crippen LogP contribution is 2.25. The van der Waals surface area contributed by atoms with Gasteiger partial charge in [-0.1, -0.05) is 19.8 Å². The normalized spacial score (nSPS) is 28.7. The van der Waals surface area contributed by atoms with Crippen molar-refractivity contribution in [2.45, 2.75) is 45.6 Å². The number of likely N-dealkylation sites (N-methyl/N-ethyl adjacent to an activating group) is 1. The van der Waals surface area contributed by atoms with Crippen molar-refractivity contribution < 1.29 is 4.79 Å². The molecule has 17 heavy (non-hydrogen) atoms. The number of carbonyl (C=O) groups excluding carboxylic acids is 1. The molecule has 0 amide bonds. The predicted octanol–water partition coefficient (Wildman–Crippen LogP) is 1.77. The Bertz CT molecular complexity index is 261. The molecular formula is C14H26N2O. The van der Waals surface area contributed by atoms with Crippen LogP contribution in [0, 0.1) is 5.92 Å². The number of carbonyl (C=O) groups is 1. The SMILES string of the molecule is CCN1CCN(CC(=O)C2CCCC2)CC1C. The highest BCUT2D eigenvalue weighted by atomic mass is 16.1. The van der Waals surface area contributed by atoms with Crippen LogP contribution in [0.3, 0.4) is 0 Å². The molecule has 1 atom stereocenters. The van der Waals surface area contributed by atoms with E-state index in [0.29, 0.717) is 24.3 Å². The number of piperazine rings is 1. The van der Waals surface area contributed by atoms with Crippen LogP contribution in [0.15, 0.2) is 0 Å². The third-order valence-electron chi connectivity index (χ3n) is 4.45. The van der Waals surface area contributed by atoms with Crippen LogP contribution in [0.25, 0.3) is 0 Å². The van der Waals surface area contributed by atoms with Crippen LogP contribution < -0.4 is 0 Å². The van der Waals surface area contributed by atoms with Crippen LogP contribution in [0.2, 0.25) is 0 Å². The minimum absolute atomic E-state index is 0.384. The van der Waals surface area contributed by atoms with E-state index in [4.69, 9.17) is 0 Å². The van der Waals surface area contributed by atoms with Gasteiger partial charge in [-0.25, -0.2) is 0 Å². The molecule has 0 aromatic rings. The molecule has 0 radical (unpaired) electrons. The average Bonchev–Trinajstić information content (AvgIpc) is 2.82. The Morgan fingerprint density at radius 2 is 1.94 bits per heavy atom. The van der Waals surface area contributed by atoms with Crippen molar-refractivity contribution in [1.29, 1.82) is 0 Å². The number of rotatable bonds is 4. The first kappa shape index (κ1) is 13.0. The fourth-order valence-electron chi connectivity index (χ4n) is 3.28. The van der Waals surface area contributed by atoms with Gasteiger partial charge in [0.05, 0.1) is 6.54 Å². The van der Waals surface area contributed by atoms with Crippen LogP contribution in [-0.4, -0.2) is 54.3 Å². The van der Waals surface area contributed by atoms with Crippen LogP contribution in [-0.2, 0) is 4.79 Å². The molecule has 3 nitrogen and oxygen atoms in total. The van der Waals surface area contributed by atoms with Crippen molar-refractivity contribution in [2.75, 3.05) is 32.7 Å². The van der Waals surface area contributed by atoms with Gasteiger partial charge < -0.3 is 0 Å². The lowest BCUT2D eigenvalue weighted by atomic mass is 10.0. The Morgan fingerprint density at radius 1 is 1.24 bits per heavy atom. The molecule has 1 saturated carbocycles. The Morgan fingerprint density at radius 3 is 2.53 bits per heavy atom. The largest absolute Gasteiger partial charge is 0.298 e. The molecule has 1 aliphatic carbocycles. The zero-order chi connectivity index (χ0) is 12.3. The molecule has 3 heteroatoms. The van der Waals surface area contributed by atoms with Gasteiger partial charge in [0.2, 0.25) is 0 Å². The van der Waals surface area contributed by atoms with Crippen LogP contribution in [0.5, 0.6) is 0 Å². The molecule has 0 aromatic heterocycles. The Balaban J connectivity index is 1.78. The molecular weight excluding hydrogens is 212 g/mol. The summed E-state index contributed by atoms with van der Waals surface area (Å²) >= 11 is 0. The Kier molecular flexibility index (Phi) is 4.57. The second-order valence-electron chi connectivity index (χ2n) is 5.66. The van der Waals surface area contributed by atoms with E-state index in [2.05, 4.69) is 23.6 Å². The molecule has 1 unspecified atom stereocenters. The second kappa shape index (κ2) is 5.96. The van der Waals surface area contributed by atoms with Crippen molar-refractivity contribution in [2.24, 2.45) is 5.92 Å². The monoisotopic (exact) mass is 238 g/mol.